The fourth-order valence-electron chi connectivity index (χ4n) is 2.15. The highest BCUT2D eigenvalue weighted by Gasteiger charge is 2.19. The molecule has 122 valence electrons. The van der Waals surface area contributed by atoms with Crippen LogP contribution >= 0.6 is 27.7 Å². The van der Waals surface area contributed by atoms with Crippen molar-refractivity contribution in [2.24, 2.45) is 10.7 Å². The Hall–Kier alpha value is -2.05. The zero-order valence-electron chi connectivity index (χ0n) is 13.0. The van der Waals surface area contributed by atoms with Crippen LogP contribution in [0.25, 0.3) is 6.08 Å². The predicted molar refractivity (Wildman–Crippen MR) is 102 cm³/mol. The van der Waals surface area contributed by atoms with E-state index in [1.54, 1.807) is 6.08 Å². The quantitative estimate of drug-likeness (QED) is 0.775. The van der Waals surface area contributed by atoms with Gasteiger partial charge in [-0.25, -0.2) is 0 Å². The molecule has 0 bridgehead atoms. The molecule has 0 aromatic heterocycles. The lowest BCUT2D eigenvalue weighted by Crippen LogP contribution is -2.01. The minimum atomic E-state index is -0.298. The third-order valence-corrected chi connectivity index (χ3v) is 4.84. The van der Waals surface area contributed by atoms with Crippen molar-refractivity contribution in [1.29, 1.82) is 0 Å². The van der Waals surface area contributed by atoms with Gasteiger partial charge in [0.2, 0.25) is 0 Å². The Balaban J connectivity index is 1.70. The molecule has 1 heterocycles. The summed E-state index contributed by atoms with van der Waals surface area (Å²) in [4.78, 5) is 15.8. The van der Waals surface area contributed by atoms with Crippen LogP contribution in [0.2, 0.25) is 0 Å². The van der Waals surface area contributed by atoms with Crippen LogP contribution in [0, 0.1) is 6.92 Å². The van der Waals surface area contributed by atoms with Crippen molar-refractivity contribution in [3.05, 3.63) is 68.5 Å². The van der Waals surface area contributed by atoms with Crippen LogP contribution in [0.1, 0.15) is 16.7 Å². The molecule has 1 aliphatic heterocycles. The van der Waals surface area contributed by atoms with Crippen molar-refractivity contribution >= 4 is 44.8 Å². The second kappa shape index (κ2) is 7.23. The fourth-order valence-corrected chi connectivity index (χ4v) is 3.34. The SMILES string of the molecule is Cc1ccc(COc2ccc(/C=C3\SC(N)=NC3=O)cc2Br)cc1. The normalized spacial score (nSPS) is 15.7. The topological polar surface area (TPSA) is 64.7 Å². The van der Waals surface area contributed by atoms with E-state index in [1.165, 1.54) is 17.3 Å². The van der Waals surface area contributed by atoms with Gasteiger partial charge in [0, 0.05) is 0 Å². The van der Waals surface area contributed by atoms with Crippen molar-refractivity contribution in [2.45, 2.75) is 13.5 Å². The molecular weight excluding hydrogens is 388 g/mol. The lowest BCUT2D eigenvalue weighted by molar-refractivity contribution is -0.113. The first-order valence-electron chi connectivity index (χ1n) is 7.27. The standard InChI is InChI=1S/C18H15BrN2O2S/c1-11-2-4-12(5-3-11)10-23-15-7-6-13(8-14(15)19)9-16-17(22)21-18(20)24-16/h2-9H,10H2,1H3,(H2,20,21,22)/b16-9-. The summed E-state index contributed by atoms with van der Waals surface area (Å²) in [5.74, 6) is 0.451. The largest absolute Gasteiger partial charge is 0.488 e. The lowest BCUT2D eigenvalue weighted by Gasteiger charge is -2.09. The van der Waals surface area contributed by atoms with Gasteiger partial charge in [-0.05, 0) is 64.0 Å². The van der Waals surface area contributed by atoms with Crippen molar-refractivity contribution in [2.75, 3.05) is 0 Å². The summed E-state index contributed by atoms with van der Waals surface area (Å²) in [6.45, 7) is 2.55. The number of rotatable bonds is 4. The van der Waals surface area contributed by atoms with E-state index in [4.69, 9.17) is 10.5 Å². The van der Waals surface area contributed by atoms with Crippen LogP contribution in [0.3, 0.4) is 0 Å². The van der Waals surface area contributed by atoms with Crippen molar-refractivity contribution in [1.82, 2.24) is 0 Å². The van der Waals surface area contributed by atoms with Gasteiger partial charge >= 0.3 is 0 Å². The highest BCUT2D eigenvalue weighted by atomic mass is 79.9. The summed E-state index contributed by atoms with van der Waals surface area (Å²) in [5, 5.41) is 0.281. The first kappa shape index (κ1) is 16.8. The van der Waals surface area contributed by atoms with Crippen LogP contribution in [0.15, 0.2) is 56.8 Å². The van der Waals surface area contributed by atoms with Crippen LogP contribution in [-0.4, -0.2) is 11.1 Å². The molecule has 1 aliphatic rings. The third kappa shape index (κ3) is 4.07. The molecule has 2 aromatic carbocycles. The second-order valence-electron chi connectivity index (χ2n) is 5.33. The summed E-state index contributed by atoms with van der Waals surface area (Å²) in [6.07, 6.45) is 1.77. The van der Waals surface area contributed by atoms with E-state index in [9.17, 15) is 4.79 Å². The minimum Gasteiger partial charge on any atom is -0.488 e. The number of benzene rings is 2. The molecule has 1 amide bonds. The Labute approximate surface area is 152 Å². The van der Waals surface area contributed by atoms with Gasteiger partial charge in [0.25, 0.3) is 5.91 Å². The number of nitrogens with zero attached hydrogens (tertiary/aromatic N) is 1. The second-order valence-corrected chi connectivity index (χ2v) is 7.25. The smallest absolute Gasteiger partial charge is 0.286 e. The van der Waals surface area contributed by atoms with Gasteiger partial charge in [-0.15, -0.1) is 0 Å². The Morgan fingerprint density at radius 2 is 2.00 bits per heavy atom. The van der Waals surface area contributed by atoms with Gasteiger partial charge in [-0.1, -0.05) is 35.9 Å². The molecule has 6 heteroatoms. The van der Waals surface area contributed by atoms with E-state index in [2.05, 4.69) is 52.1 Å². The Morgan fingerprint density at radius 3 is 2.62 bits per heavy atom. The summed E-state index contributed by atoms with van der Waals surface area (Å²) in [6, 6.07) is 13.9. The molecule has 3 rings (SSSR count). The Kier molecular flexibility index (Phi) is 5.06. The van der Waals surface area contributed by atoms with Crippen LogP contribution in [-0.2, 0) is 11.4 Å². The van der Waals surface area contributed by atoms with Crippen LogP contribution in [0.5, 0.6) is 5.75 Å². The Bertz CT molecular complexity index is 845. The number of carbonyl (C=O) groups excluding carboxylic acids is 1. The van der Waals surface area contributed by atoms with E-state index in [0.717, 1.165) is 21.3 Å². The number of ether oxygens (including phenoxy) is 1. The summed E-state index contributed by atoms with van der Waals surface area (Å²) in [7, 11) is 0. The van der Waals surface area contributed by atoms with E-state index in [0.29, 0.717) is 11.5 Å². The number of amidine groups is 1. The van der Waals surface area contributed by atoms with Crippen LogP contribution in [0.4, 0.5) is 0 Å². The fraction of sp³-hybridized carbons (Fsp3) is 0.111. The molecule has 0 fully saturated rings. The number of carbonyl (C=O) groups is 1. The molecule has 0 saturated carbocycles. The number of thioether (sulfide) groups is 1. The number of halogens is 1. The molecule has 2 N–H and O–H groups in total. The molecule has 24 heavy (non-hydrogen) atoms. The monoisotopic (exact) mass is 402 g/mol. The molecule has 0 saturated heterocycles. The van der Waals surface area contributed by atoms with Crippen molar-refractivity contribution < 1.29 is 9.53 Å². The molecular formula is C18H15BrN2O2S. The number of hydrogen-bond donors (Lipinski definition) is 1. The minimum absolute atomic E-state index is 0.281. The van der Waals surface area contributed by atoms with Gasteiger partial charge in [0.1, 0.15) is 12.4 Å². The van der Waals surface area contributed by atoms with E-state index >= 15 is 0 Å². The summed E-state index contributed by atoms with van der Waals surface area (Å²) >= 11 is 4.69. The lowest BCUT2D eigenvalue weighted by atomic mass is 10.1. The van der Waals surface area contributed by atoms with Gasteiger partial charge < -0.3 is 10.5 Å². The first-order chi connectivity index (χ1) is 11.5. The first-order valence-corrected chi connectivity index (χ1v) is 8.88. The number of hydrogen-bond acceptors (Lipinski definition) is 4. The molecule has 2 aromatic rings. The summed E-state index contributed by atoms with van der Waals surface area (Å²) < 4.78 is 6.67. The Morgan fingerprint density at radius 1 is 1.25 bits per heavy atom. The molecule has 0 atom stereocenters. The van der Waals surface area contributed by atoms with Crippen molar-refractivity contribution in [3.8, 4) is 5.75 Å². The predicted octanol–water partition coefficient (Wildman–Crippen LogP) is 4.27. The number of nitrogens with two attached hydrogens (primary N) is 1. The maximum atomic E-state index is 11.6. The maximum absolute atomic E-state index is 11.6. The maximum Gasteiger partial charge on any atom is 0.286 e. The average Bonchev–Trinajstić information content (AvgIpc) is 2.86. The van der Waals surface area contributed by atoms with Gasteiger partial charge in [0.15, 0.2) is 5.17 Å². The zero-order chi connectivity index (χ0) is 17.1. The van der Waals surface area contributed by atoms with E-state index in [-0.39, 0.29) is 11.1 Å². The molecule has 0 spiro atoms. The number of aryl methyl sites for hydroxylation is 1. The molecule has 4 nitrogen and oxygen atoms in total. The van der Waals surface area contributed by atoms with Gasteiger partial charge in [0.05, 0.1) is 9.38 Å². The molecule has 0 unspecified atom stereocenters. The summed E-state index contributed by atoms with van der Waals surface area (Å²) in [5.41, 5.74) is 8.76. The highest BCUT2D eigenvalue weighted by Crippen LogP contribution is 2.30. The molecule has 0 aliphatic carbocycles. The zero-order valence-corrected chi connectivity index (χ0v) is 15.4. The highest BCUT2D eigenvalue weighted by molar-refractivity contribution is 9.10. The molecule has 0 radical (unpaired) electrons. The third-order valence-electron chi connectivity index (χ3n) is 3.41. The van der Waals surface area contributed by atoms with Crippen molar-refractivity contribution in [3.63, 3.8) is 0 Å². The van der Waals surface area contributed by atoms with E-state index in [1.807, 2.05) is 18.2 Å². The van der Waals surface area contributed by atoms with Gasteiger partial charge in [-0.3, -0.25) is 4.79 Å². The van der Waals surface area contributed by atoms with Gasteiger partial charge in [-0.2, -0.15) is 4.99 Å². The average molecular weight is 403 g/mol. The van der Waals surface area contributed by atoms with Crippen LogP contribution < -0.4 is 10.5 Å². The number of aliphatic imine (C=N–C) groups is 1. The van der Waals surface area contributed by atoms with E-state index < -0.39 is 0 Å². The number of amides is 1.